The Hall–Kier alpha value is -2.67. The van der Waals surface area contributed by atoms with Gasteiger partial charge in [-0.3, -0.25) is 0 Å². The average Bonchev–Trinajstić information content (AvgIpc) is 2.43. The van der Waals surface area contributed by atoms with E-state index in [2.05, 4.69) is 6.07 Å². The van der Waals surface area contributed by atoms with E-state index < -0.39 is 0 Å². The molecule has 0 fully saturated rings. The van der Waals surface area contributed by atoms with Gasteiger partial charge in [0.1, 0.15) is 5.75 Å². The van der Waals surface area contributed by atoms with Gasteiger partial charge in [0, 0.05) is 5.69 Å². The highest BCUT2D eigenvalue weighted by molar-refractivity contribution is 5.53. The molecule has 0 saturated carbocycles. The molecule has 0 heterocycles. The topological polar surface area (TPSA) is 68.3 Å². The van der Waals surface area contributed by atoms with Crippen LogP contribution >= 0.6 is 0 Å². The van der Waals surface area contributed by atoms with Crippen LogP contribution in [0.2, 0.25) is 0 Å². The van der Waals surface area contributed by atoms with E-state index in [0.29, 0.717) is 22.9 Å². The quantitative estimate of drug-likeness (QED) is 0.851. The van der Waals surface area contributed by atoms with Gasteiger partial charge in [-0.05, 0) is 35.9 Å². The van der Waals surface area contributed by atoms with Crippen molar-refractivity contribution in [2.45, 2.75) is 6.42 Å². The predicted octanol–water partition coefficient (Wildman–Crippen LogP) is 3.14. The number of benzene rings is 2. The number of nitrogens with zero attached hydrogens (tertiary/aromatic N) is 1. The van der Waals surface area contributed by atoms with Crippen molar-refractivity contribution in [2.75, 3.05) is 12.8 Å². The molecule has 2 aromatic carbocycles. The molecule has 0 bridgehead atoms. The molecule has 0 aliphatic carbocycles. The number of para-hydroxylation sites is 2. The second kappa shape index (κ2) is 5.78. The van der Waals surface area contributed by atoms with Gasteiger partial charge in [-0.15, -0.1) is 0 Å². The van der Waals surface area contributed by atoms with Crippen LogP contribution in [0.15, 0.2) is 42.5 Å². The van der Waals surface area contributed by atoms with E-state index in [0.717, 1.165) is 5.56 Å². The molecule has 0 aliphatic heterocycles. The molecule has 0 aromatic heterocycles. The highest BCUT2D eigenvalue weighted by Crippen LogP contribution is 2.32. The lowest BCUT2D eigenvalue weighted by atomic mass is 10.1. The third kappa shape index (κ3) is 2.96. The van der Waals surface area contributed by atoms with E-state index in [1.165, 1.54) is 0 Å². The third-order valence-electron chi connectivity index (χ3n) is 2.68. The Morgan fingerprint density at radius 2 is 1.89 bits per heavy atom. The minimum Gasteiger partial charge on any atom is -0.493 e. The van der Waals surface area contributed by atoms with Gasteiger partial charge in [0.15, 0.2) is 11.5 Å². The molecule has 2 N–H and O–H groups in total. The lowest BCUT2D eigenvalue weighted by molar-refractivity contribution is 0.379. The van der Waals surface area contributed by atoms with Crippen molar-refractivity contribution in [2.24, 2.45) is 0 Å². The highest BCUT2D eigenvalue weighted by atomic mass is 16.5. The predicted molar refractivity (Wildman–Crippen MR) is 73.2 cm³/mol. The van der Waals surface area contributed by atoms with E-state index in [4.69, 9.17) is 20.5 Å². The Labute approximate surface area is 112 Å². The van der Waals surface area contributed by atoms with Crippen molar-refractivity contribution in [3.63, 3.8) is 0 Å². The summed E-state index contributed by atoms with van der Waals surface area (Å²) in [4.78, 5) is 0. The summed E-state index contributed by atoms with van der Waals surface area (Å²) in [6.07, 6.45) is 0.259. The zero-order valence-corrected chi connectivity index (χ0v) is 10.6. The molecule has 96 valence electrons. The largest absolute Gasteiger partial charge is 0.493 e. The van der Waals surface area contributed by atoms with Gasteiger partial charge in [0.2, 0.25) is 0 Å². The first kappa shape index (κ1) is 12.8. The maximum atomic E-state index is 8.74. The summed E-state index contributed by atoms with van der Waals surface area (Å²) in [5, 5.41) is 8.74. The van der Waals surface area contributed by atoms with E-state index >= 15 is 0 Å². The van der Waals surface area contributed by atoms with Crippen LogP contribution in [0.5, 0.6) is 17.2 Å². The Morgan fingerprint density at radius 3 is 2.58 bits per heavy atom. The lowest BCUT2D eigenvalue weighted by Gasteiger charge is -2.11. The summed E-state index contributed by atoms with van der Waals surface area (Å²) in [5.41, 5.74) is 7.14. The SMILES string of the molecule is COc1ccccc1Oc1ccc(N)c(CC#N)c1. The summed E-state index contributed by atoms with van der Waals surface area (Å²) in [6.45, 7) is 0. The standard InChI is InChI=1S/C15H14N2O2/c1-18-14-4-2-3-5-15(14)19-12-6-7-13(17)11(10-12)8-9-16/h2-7,10H,8,17H2,1H3. The van der Waals surface area contributed by atoms with E-state index in [1.807, 2.05) is 24.3 Å². The number of methoxy groups -OCH3 is 1. The fraction of sp³-hybridized carbons (Fsp3) is 0.133. The zero-order valence-electron chi connectivity index (χ0n) is 10.6. The Kier molecular flexibility index (Phi) is 3.89. The van der Waals surface area contributed by atoms with Gasteiger partial charge in [-0.2, -0.15) is 5.26 Å². The number of anilines is 1. The Morgan fingerprint density at radius 1 is 1.16 bits per heavy atom. The minimum atomic E-state index is 0.259. The monoisotopic (exact) mass is 254 g/mol. The molecule has 19 heavy (non-hydrogen) atoms. The van der Waals surface area contributed by atoms with Gasteiger partial charge in [0.25, 0.3) is 0 Å². The molecule has 0 unspecified atom stereocenters. The molecule has 0 radical (unpaired) electrons. The number of nitrogen functional groups attached to an aromatic ring is 1. The Balaban J connectivity index is 2.28. The molecular weight excluding hydrogens is 240 g/mol. The maximum absolute atomic E-state index is 8.74. The molecule has 4 heteroatoms. The van der Waals surface area contributed by atoms with Crippen LogP contribution in [-0.4, -0.2) is 7.11 Å². The molecule has 0 atom stereocenters. The van der Waals surface area contributed by atoms with Crippen molar-refractivity contribution < 1.29 is 9.47 Å². The third-order valence-corrected chi connectivity index (χ3v) is 2.68. The van der Waals surface area contributed by atoms with Gasteiger partial charge in [0.05, 0.1) is 19.6 Å². The first-order chi connectivity index (χ1) is 9.24. The second-order valence-corrected chi connectivity index (χ2v) is 3.95. The summed E-state index contributed by atoms with van der Waals surface area (Å²) < 4.78 is 11.0. The first-order valence-corrected chi connectivity index (χ1v) is 5.81. The highest BCUT2D eigenvalue weighted by Gasteiger charge is 2.06. The van der Waals surface area contributed by atoms with Crippen molar-refractivity contribution in [1.82, 2.24) is 0 Å². The molecule has 2 rings (SSSR count). The van der Waals surface area contributed by atoms with Gasteiger partial charge in [-0.1, -0.05) is 12.1 Å². The second-order valence-electron chi connectivity index (χ2n) is 3.95. The fourth-order valence-corrected chi connectivity index (χ4v) is 1.71. The van der Waals surface area contributed by atoms with Crippen molar-refractivity contribution in [3.05, 3.63) is 48.0 Å². The van der Waals surface area contributed by atoms with Gasteiger partial charge < -0.3 is 15.2 Å². The first-order valence-electron chi connectivity index (χ1n) is 5.81. The summed E-state index contributed by atoms with van der Waals surface area (Å²) >= 11 is 0. The van der Waals surface area contributed by atoms with Crippen LogP contribution < -0.4 is 15.2 Å². The smallest absolute Gasteiger partial charge is 0.169 e. The maximum Gasteiger partial charge on any atom is 0.169 e. The summed E-state index contributed by atoms with van der Waals surface area (Å²) in [5.74, 6) is 1.91. The molecule has 0 amide bonds. The van der Waals surface area contributed by atoms with Crippen LogP contribution in [-0.2, 0) is 6.42 Å². The number of ether oxygens (including phenoxy) is 2. The molecule has 4 nitrogen and oxygen atoms in total. The van der Waals surface area contributed by atoms with Crippen molar-refractivity contribution >= 4 is 5.69 Å². The average molecular weight is 254 g/mol. The van der Waals surface area contributed by atoms with Gasteiger partial charge >= 0.3 is 0 Å². The van der Waals surface area contributed by atoms with Crippen LogP contribution in [0.25, 0.3) is 0 Å². The molecule has 2 aromatic rings. The van der Waals surface area contributed by atoms with Crippen LogP contribution in [0.3, 0.4) is 0 Å². The number of hydrogen-bond acceptors (Lipinski definition) is 4. The summed E-state index contributed by atoms with van der Waals surface area (Å²) in [7, 11) is 1.59. The van der Waals surface area contributed by atoms with Crippen LogP contribution in [0.1, 0.15) is 5.56 Å². The molecule has 0 saturated heterocycles. The molecular formula is C15H14N2O2. The number of nitriles is 1. The molecule has 0 aliphatic rings. The molecule has 0 spiro atoms. The lowest BCUT2D eigenvalue weighted by Crippen LogP contribution is -1.95. The summed E-state index contributed by atoms with van der Waals surface area (Å²) in [6, 6.07) is 14.7. The van der Waals surface area contributed by atoms with E-state index in [-0.39, 0.29) is 6.42 Å². The fourth-order valence-electron chi connectivity index (χ4n) is 1.71. The van der Waals surface area contributed by atoms with Crippen LogP contribution in [0.4, 0.5) is 5.69 Å². The van der Waals surface area contributed by atoms with Crippen LogP contribution in [0, 0.1) is 11.3 Å². The zero-order chi connectivity index (χ0) is 13.7. The van der Waals surface area contributed by atoms with Gasteiger partial charge in [-0.25, -0.2) is 0 Å². The minimum absolute atomic E-state index is 0.259. The normalized spacial score (nSPS) is 9.68. The number of nitrogens with two attached hydrogens (primary N) is 1. The van der Waals surface area contributed by atoms with Crippen molar-refractivity contribution in [3.8, 4) is 23.3 Å². The number of rotatable bonds is 4. The van der Waals surface area contributed by atoms with Crippen molar-refractivity contribution in [1.29, 1.82) is 5.26 Å². The van der Waals surface area contributed by atoms with E-state index in [9.17, 15) is 0 Å². The Bertz CT molecular complexity index is 618. The number of hydrogen-bond donors (Lipinski definition) is 1. The van der Waals surface area contributed by atoms with E-state index in [1.54, 1.807) is 25.3 Å².